The van der Waals surface area contributed by atoms with Crippen LogP contribution < -0.4 is 0 Å². The number of benzene rings is 2. The number of nitro benzene ring substituents is 1. The lowest BCUT2D eigenvalue weighted by Crippen LogP contribution is -2.31. The van der Waals surface area contributed by atoms with Gasteiger partial charge >= 0.3 is 0 Å². The first-order valence-electron chi connectivity index (χ1n) is 10.5. The molecular weight excluding hydrogens is 365 g/mol. The summed E-state index contributed by atoms with van der Waals surface area (Å²) in [6.07, 6.45) is 5.69. The Morgan fingerprint density at radius 3 is 2.41 bits per heavy atom. The molecule has 156 valence electrons. The van der Waals surface area contributed by atoms with Crippen LogP contribution in [0.5, 0.6) is 0 Å². The molecule has 2 aromatic rings. The van der Waals surface area contributed by atoms with Crippen molar-refractivity contribution in [1.29, 1.82) is 0 Å². The maximum atomic E-state index is 13.6. The van der Waals surface area contributed by atoms with E-state index >= 15 is 0 Å². The Balaban J connectivity index is 0.00000145. The Labute approximate surface area is 173 Å². The molecule has 0 fully saturated rings. The van der Waals surface area contributed by atoms with Gasteiger partial charge in [-0.15, -0.1) is 0 Å². The van der Waals surface area contributed by atoms with Gasteiger partial charge in [0.1, 0.15) is 5.82 Å². The molecule has 29 heavy (non-hydrogen) atoms. The van der Waals surface area contributed by atoms with Gasteiger partial charge in [-0.3, -0.25) is 10.1 Å². The van der Waals surface area contributed by atoms with E-state index in [0.29, 0.717) is 5.92 Å². The second-order valence-electron chi connectivity index (χ2n) is 8.05. The lowest BCUT2D eigenvalue weighted by molar-refractivity contribution is -0.385. The number of para-hydroxylation sites is 1. The molecule has 0 saturated carbocycles. The van der Waals surface area contributed by atoms with Crippen LogP contribution in [0.25, 0.3) is 5.57 Å². The molecule has 0 heterocycles. The molecule has 1 unspecified atom stereocenters. The summed E-state index contributed by atoms with van der Waals surface area (Å²) in [7, 11) is 0. The molecule has 0 amide bonds. The van der Waals surface area contributed by atoms with Crippen LogP contribution in [-0.4, -0.2) is 4.92 Å². The SMILES string of the molecule is CC.Cc1cc(F)ccc1C1(CC(C)C)CC=C(c2ccccc2[N+](=O)[O-])CC1. The summed E-state index contributed by atoms with van der Waals surface area (Å²) in [6, 6.07) is 12.0. The minimum Gasteiger partial charge on any atom is -0.258 e. The van der Waals surface area contributed by atoms with E-state index in [4.69, 9.17) is 0 Å². The zero-order valence-electron chi connectivity index (χ0n) is 18.2. The summed E-state index contributed by atoms with van der Waals surface area (Å²) < 4.78 is 13.6. The number of halogens is 1. The van der Waals surface area contributed by atoms with E-state index in [2.05, 4.69) is 19.9 Å². The molecule has 0 radical (unpaired) electrons. The molecule has 0 N–H and O–H groups in total. The number of nitro groups is 1. The first-order valence-corrected chi connectivity index (χ1v) is 10.5. The smallest absolute Gasteiger partial charge is 0.258 e. The Kier molecular flexibility index (Phi) is 7.72. The van der Waals surface area contributed by atoms with Gasteiger partial charge in [-0.05, 0) is 78.8 Å². The van der Waals surface area contributed by atoms with Crippen LogP contribution in [0.1, 0.15) is 70.1 Å². The molecule has 1 atom stereocenters. The van der Waals surface area contributed by atoms with E-state index in [-0.39, 0.29) is 21.8 Å². The average molecular weight is 398 g/mol. The summed E-state index contributed by atoms with van der Waals surface area (Å²) in [5.41, 5.74) is 4.07. The third kappa shape index (κ3) is 5.11. The summed E-state index contributed by atoms with van der Waals surface area (Å²) in [6.45, 7) is 10.4. The standard InChI is InChI=1S/C23H26FNO2.C2H6/c1-16(2)15-23(21-9-8-19(24)14-17(21)3)12-10-18(11-13-23)20-6-4-5-7-22(20)25(26)27;1-2/h4-10,14,16H,11-13,15H2,1-3H3;1-2H3. The van der Waals surface area contributed by atoms with Crippen LogP contribution in [0.15, 0.2) is 48.5 Å². The maximum absolute atomic E-state index is 13.6. The van der Waals surface area contributed by atoms with Gasteiger partial charge in [0, 0.05) is 6.07 Å². The molecule has 3 nitrogen and oxygen atoms in total. The van der Waals surface area contributed by atoms with E-state index in [0.717, 1.165) is 42.4 Å². The zero-order chi connectivity index (χ0) is 21.6. The highest BCUT2D eigenvalue weighted by molar-refractivity contribution is 5.73. The van der Waals surface area contributed by atoms with E-state index in [1.165, 1.54) is 5.56 Å². The lowest BCUT2D eigenvalue weighted by atomic mass is 9.64. The molecule has 0 bridgehead atoms. The van der Waals surface area contributed by atoms with Crippen molar-refractivity contribution in [2.45, 2.75) is 65.7 Å². The normalized spacial score (nSPS) is 18.7. The van der Waals surface area contributed by atoms with Crippen LogP contribution in [-0.2, 0) is 5.41 Å². The molecule has 1 aliphatic rings. The first-order chi connectivity index (χ1) is 13.8. The van der Waals surface area contributed by atoms with Gasteiger partial charge in [-0.2, -0.15) is 0 Å². The number of rotatable bonds is 5. The average Bonchev–Trinajstić information content (AvgIpc) is 2.69. The second kappa shape index (κ2) is 9.82. The summed E-state index contributed by atoms with van der Waals surface area (Å²) >= 11 is 0. The molecule has 0 aromatic heterocycles. The fraction of sp³-hybridized carbons (Fsp3) is 0.440. The van der Waals surface area contributed by atoms with Crippen molar-refractivity contribution in [3.63, 3.8) is 0 Å². The molecule has 3 rings (SSSR count). The maximum Gasteiger partial charge on any atom is 0.276 e. The number of aryl methyl sites for hydroxylation is 1. The highest BCUT2D eigenvalue weighted by atomic mass is 19.1. The highest BCUT2D eigenvalue weighted by Crippen LogP contribution is 2.47. The number of hydrogen-bond donors (Lipinski definition) is 0. The van der Waals surface area contributed by atoms with Crippen molar-refractivity contribution in [3.8, 4) is 0 Å². The Morgan fingerprint density at radius 2 is 1.86 bits per heavy atom. The Hall–Kier alpha value is -2.49. The van der Waals surface area contributed by atoms with Crippen LogP contribution >= 0.6 is 0 Å². The number of nitrogens with zero attached hydrogens (tertiary/aromatic N) is 1. The minimum atomic E-state index is -0.309. The third-order valence-corrected chi connectivity index (χ3v) is 5.62. The van der Waals surface area contributed by atoms with Gasteiger partial charge in [0.05, 0.1) is 10.5 Å². The Morgan fingerprint density at radius 1 is 1.17 bits per heavy atom. The van der Waals surface area contributed by atoms with Gasteiger partial charge in [0.2, 0.25) is 0 Å². The molecular formula is C25H32FNO2. The molecule has 0 saturated heterocycles. The third-order valence-electron chi connectivity index (χ3n) is 5.62. The van der Waals surface area contributed by atoms with Crippen molar-refractivity contribution in [2.75, 3.05) is 0 Å². The lowest BCUT2D eigenvalue weighted by Gasteiger charge is -2.40. The molecule has 0 spiro atoms. The number of allylic oxidation sites excluding steroid dienone is 2. The first kappa shape index (κ1) is 22.8. The molecule has 1 aliphatic carbocycles. The van der Waals surface area contributed by atoms with Gasteiger partial charge in [-0.25, -0.2) is 4.39 Å². The predicted octanol–water partition coefficient (Wildman–Crippen LogP) is 7.62. The van der Waals surface area contributed by atoms with Gasteiger partial charge < -0.3 is 0 Å². The van der Waals surface area contributed by atoms with Crippen molar-refractivity contribution < 1.29 is 9.31 Å². The molecule has 2 aromatic carbocycles. The second-order valence-corrected chi connectivity index (χ2v) is 8.05. The highest BCUT2D eigenvalue weighted by Gasteiger charge is 2.36. The molecule has 4 heteroatoms. The largest absolute Gasteiger partial charge is 0.276 e. The minimum absolute atomic E-state index is 0.0426. The van der Waals surface area contributed by atoms with E-state index in [1.807, 2.05) is 39.0 Å². The van der Waals surface area contributed by atoms with Gasteiger partial charge in [-0.1, -0.05) is 52.0 Å². The fourth-order valence-electron chi connectivity index (χ4n) is 4.59. The van der Waals surface area contributed by atoms with Crippen molar-refractivity contribution in [1.82, 2.24) is 0 Å². The molecule has 0 aliphatic heterocycles. The van der Waals surface area contributed by atoms with Crippen LogP contribution in [0.2, 0.25) is 0 Å². The van der Waals surface area contributed by atoms with Crippen LogP contribution in [0.3, 0.4) is 0 Å². The monoisotopic (exact) mass is 397 g/mol. The van der Waals surface area contributed by atoms with Crippen LogP contribution in [0.4, 0.5) is 10.1 Å². The summed E-state index contributed by atoms with van der Waals surface area (Å²) in [4.78, 5) is 11.1. The van der Waals surface area contributed by atoms with Crippen molar-refractivity contribution in [3.05, 3.63) is 81.2 Å². The zero-order valence-corrected chi connectivity index (χ0v) is 18.2. The van der Waals surface area contributed by atoms with E-state index in [1.54, 1.807) is 24.3 Å². The van der Waals surface area contributed by atoms with Gasteiger partial charge in [0.25, 0.3) is 5.69 Å². The topological polar surface area (TPSA) is 43.1 Å². The van der Waals surface area contributed by atoms with E-state index < -0.39 is 0 Å². The Bertz CT molecular complexity index is 888. The quantitative estimate of drug-likeness (QED) is 0.385. The van der Waals surface area contributed by atoms with Crippen LogP contribution in [0, 0.1) is 28.8 Å². The van der Waals surface area contributed by atoms with Crippen molar-refractivity contribution in [2.24, 2.45) is 5.92 Å². The number of hydrogen-bond acceptors (Lipinski definition) is 2. The van der Waals surface area contributed by atoms with Crippen molar-refractivity contribution >= 4 is 11.3 Å². The van der Waals surface area contributed by atoms with E-state index in [9.17, 15) is 14.5 Å². The predicted molar refractivity (Wildman–Crippen MR) is 119 cm³/mol. The summed E-state index contributed by atoms with van der Waals surface area (Å²) in [5, 5.41) is 11.4. The summed E-state index contributed by atoms with van der Waals surface area (Å²) in [5.74, 6) is 0.304. The fourth-order valence-corrected chi connectivity index (χ4v) is 4.59. The van der Waals surface area contributed by atoms with Gasteiger partial charge in [0.15, 0.2) is 0 Å².